The van der Waals surface area contributed by atoms with Crippen molar-refractivity contribution in [3.05, 3.63) is 27.5 Å². The second kappa shape index (κ2) is 13.5. The van der Waals surface area contributed by atoms with Crippen LogP contribution in [0.25, 0.3) is 5.57 Å². The van der Waals surface area contributed by atoms with Crippen molar-refractivity contribution in [1.29, 1.82) is 0 Å². The first kappa shape index (κ1) is 22.1. The van der Waals surface area contributed by atoms with Crippen molar-refractivity contribution in [2.45, 2.75) is 67.2 Å². The van der Waals surface area contributed by atoms with Gasteiger partial charge in [-0.2, -0.15) is 0 Å². The van der Waals surface area contributed by atoms with Gasteiger partial charge in [-0.15, -0.1) is 11.3 Å². The van der Waals surface area contributed by atoms with E-state index < -0.39 is 0 Å². The second-order valence-electron chi connectivity index (χ2n) is 5.56. The second-order valence-corrected chi connectivity index (χ2v) is 6.44. The third kappa shape index (κ3) is 7.45. The summed E-state index contributed by atoms with van der Waals surface area (Å²) in [7, 11) is 0. The Morgan fingerprint density at radius 2 is 1.87 bits per heavy atom. The Balaban J connectivity index is 0.00000232. The molecule has 1 heterocycles. The highest BCUT2D eigenvalue weighted by atomic mass is 32.1. The van der Waals surface area contributed by atoms with Crippen LogP contribution in [0.4, 0.5) is 0 Å². The molecule has 23 heavy (non-hydrogen) atoms. The van der Waals surface area contributed by atoms with E-state index in [1.807, 2.05) is 19.2 Å². The van der Waals surface area contributed by atoms with Gasteiger partial charge in [0, 0.05) is 22.4 Å². The Kier molecular flexibility index (Phi) is 13.0. The maximum absolute atomic E-state index is 11.0. The molecule has 0 amide bonds. The van der Waals surface area contributed by atoms with E-state index in [2.05, 4.69) is 38.7 Å². The van der Waals surface area contributed by atoms with E-state index in [0.29, 0.717) is 0 Å². The first-order valence-corrected chi connectivity index (χ1v) is 9.97. The van der Waals surface area contributed by atoms with E-state index in [1.165, 1.54) is 42.7 Å². The number of unbranched alkanes of at least 4 members (excludes halogenated alkanes) is 2. The molecule has 0 aliphatic carbocycles. The number of nitrogens with zero attached hydrogens (tertiary/aromatic N) is 1. The van der Waals surface area contributed by atoms with E-state index in [4.69, 9.17) is 0 Å². The zero-order chi connectivity index (χ0) is 17.7. The summed E-state index contributed by atoms with van der Waals surface area (Å²) in [6, 6.07) is 0. The summed E-state index contributed by atoms with van der Waals surface area (Å²) in [6.45, 7) is 16.0. The first-order chi connectivity index (χ1) is 11.2. The van der Waals surface area contributed by atoms with Gasteiger partial charge >= 0.3 is 0 Å². The van der Waals surface area contributed by atoms with Crippen molar-refractivity contribution in [2.75, 3.05) is 19.6 Å². The molecular formula is C20H35NOS. The summed E-state index contributed by atoms with van der Waals surface area (Å²) in [5.41, 5.74) is 3.33. The van der Waals surface area contributed by atoms with Crippen molar-refractivity contribution >= 4 is 23.2 Å². The molecule has 3 heteroatoms. The average molecular weight is 338 g/mol. The van der Waals surface area contributed by atoms with Crippen molar-refractivity contribution in [3.63, 3.8) is 0 Å². The van der Waals surface area contributed by atoms with Crippen LogP contribution >= 0.6 is 11.3 Å². The molecule has 2 nitrogen and oxygen atoms in total. The standard InChI is InChI=1S/C18H29NOS.C2H6/c1-5-8-9-11-19(10-6-2)12-16(7-3)18-15(4)17(13-20)14-21-18;1-2/h7,13-14H,5-6,8-12H2,1-4H3;1-2H3/b16-7-;. The quantitative estimate of drug-likeness (QED) is 0.374. The van der Waals surface area contributed by atoms with Crippen LogP contribution in [0.1, 0.15) is 81.1 Å². The maximum atomic E-state index is 11.0. The molecule has 1 aromatic heterocycles. The van der Waals surface area contributed by atoms with Crippen molar-refractivity contribution in [1.82, 2.24) is 4.90 Å². The molecule has 1 aromatic rings. The maximum Gasteiger partial charge on any atom is 0.151 e. The molecule has 0 spiro atoms. The normalized spacial score (nSPS) is 11.3. The van der Waals surface area contributed by atoms with Crippen molar-refractivity contribution in [3.8, 4) is 0 Å². The summed E-state index contributed by atoms with van der Waals surface area (Å²) in [6.07, 6.45) is 8.20. The fourth-order valence-corrected chi connectivity index (χ4v) is 3.68. The number of hydrogen-bond acceptors (Lipinski definition) is 3. The molecule has 0 saturated carbocycles. The van der Waals surface area contributed by atoms with Crippen LogP contribution in [-0.2, 0) is 0 Å². The van der Waals surface area contributed by atoms with Gasteiger partial charge in [-0.05, 0) is 50.9 Å². The predicted octanol–water partition coefficient (Wildman–Crippen LogP) is 6.20. The van der Waals surface area contributed by atoms with Crippen LogP contribution in [0.2, 0.25) is 0 Å². The van der Waals surface area contributed by atoms with Crippen LogP contribution in [0.5, 0.6) is 0 Å². The molecule has 0 saturated heterocycles. The van der Waals surface area contributed by atoms with Crippen molar-refractivity contribution in [2.24, 2.45) is 0 Å². The molecule has 0 unspecified atom stereocenters. The van der Waals surface area contributed by atoms with Gasteiger partial charge in [-0.3, -0.25) is 9.69 Å². The van der Waals surface area contributed by atoms with Crippen LogP contribution in [0, 0.1) is 6.92 Å². The lowest BCUT2D eigenvalue weighted by Gasteiger charge is -2.23. The molecule has 0 aliphatic rings. The SMILES string of the molecule is C/C=C(/CN(CCC)CCCCC)c1scc(C=O)c1C.CC. The van der Waals surface area contributed by atoms with Gasteiger partial charge < -0.3 is 0 Å². The van der Waals surface area contributed by atoms with Gasteiger partial charge in [-0.25, -0.2) is 0 Å². The van der Waals surface area contributed by atoms with Crippen molar-refractivity contribution < 1.29 is 4.79 Å². The van der Waals surface area contributed by atoms with Gasteiger partial charge in [0.2, 0.25) is 0 Å². The number of hydrogen-bond donors (Lipinski definition) is 0. The zero-order valence-corrected chi connectivity index (χ0v) is 16.8. The predicted molar refractivity (Wildman–Crippen MR) is 106 cm³/mol. The zero-order valence-electron chi connectivity index (χ0n) is 15.9. The minimum Gasteiger partial charge on any atom is -0.299 e. The summed E-state index contributed by atoms with van der Waals surface area (Å²) < 4.78 is 0. The topological polar surface area (TPSA) is 20.3 Å². The molecule has 0 radical (unpaired) electrons. The van der Waals surface area contributed by atoms with E-state index in [9.17, 15) is 4.79 Å². The number of carbonyl (C=O) groups excluding carboxylic acids is 1. The highest BCUT2D eigenvalue weighted by molar-refractivity contribution is 7.11. The summed E-state index contributed by atoms with van der Waals surface area (Å²) in [5, 5.41) is 1.97. The minimum absolute atomic E-state index is 0.836. The number of aldehydes is 1. The van der Waals surface area contributed by atoms with E-state index in [-0.39, 0.29) is 0 Å². The van der Waals surface area contributed by atoms with Gasteiger partial charge in [0.05, 0.1) is 0 Å². The number of thiophene rings is 1. The summed E-state index contributed by atoms with van der Waals surface area (Å²) in [4.78, 5) is 14.8. The van der Waals surface area contributed by atoms with E-state index >= 15 is 0 Å². The van der Waals surface area contributed by atoms with Crippen LogP contribution in [0.15, 0.2) is 11.5 Å². The van der Waals surface area contributed by atoms with Gasteiger partial charge in [0.15, 0.2) is 6.29 Å². The molecule has 0 atom stereocenters. The lowest BCUT2D eigenvalue weighted by molar-refractivity contribution is 0.112. The van der Waals surface area contributed by atoms with E-state index in [1.54, 1.807) is 11.3 Å². The molecule has 0 fully saturated rings. The summed E-state index contributed by atoms with van der Waals surface area (Å²) in [5.74, 6) is 0. The molecule has 0 bridgehead atoms. The Hall–Kier alpha value is -0.930. The average Bonchev–Trinajstić information content (AvgIpc) is 2.95. The van der Waals surface area contributed by atoms with Gasteiger partial charge in [-0.1, -0.05) is 46.6 Å². The largest absolute Gasteiger partial charge is 0.299 e. The summed E-state index contributed by atoms with van der Waals surface area (Å²) >= 11 is 1.70. The Morgan fingerprint density at radius 3 is 2.35 bits per heavy atom. The molecular weight excluding hydrogens is 302 g/mol. The highest BCUT2D eigenvalue weighted by Gasteiger charge is 2.14. The molecule has 0 aliphatic heterocycles. The smallest absolute Gasteiger partial charge is 0.151 e. The third-order valence-electron chi connectivity index (χ3n) is 3.86. The first-order valence-electron chi connectivity index (χ1n) is 9.09. The molecule has 0 aromatic carbocycles. The Morgan fingerprint density at radius 1 is 1.17 bits per heavy atom. The van der Waals surface area contributed by atoms with Crippen LogP contribution in [0.3, 0.4) is 0 Å². The van der Waals surface area contributed by atoms with Gasteiger partial charge in [0.1, 0.15) is 0 Å². The number of carbonyl (C=O) groups is 1. The molecule has 1 rings (SSSR count). The Bertz CT molecular complexity index is 462. The highest BCUT2D eigenvalue weighted by Crippen LogP contribution is 2.28. The minimum atomic E-state index is 0.836. The van der Waals surface area contributed by atoms with E-state index in [0.717, 1.165) is 30.5 Å². The lowest BCUT2D eigenvalue weighted by atomic mass is 10.1. The lowest BCUT2D eigenvalue weighted by Crippen LogP contribution is -2.27. The number of rotatable bonds is 10. The van der Waals surface area contributed by atoms with Gasteiger partial charge in [0.25, 0.3) is 0 Å². The molecule has 0 N–H and O–H groups in total. The van der Waals surface area contributed by atoms with Crippen LogP contribution < -0.4 is 0 Å². The number of allylic oxidation sites excluding steroid dienone is 1. The fourth-order valence-electron chi connectivity index (χ4n) is 2.57. The Labute approximate surface area is 147 Å². The fraction of sp³-hybridized carbons (Fsp3) is 0.650. The third-order valence-corrected chi connectivity index (χ3v) is 5.03. The molecule has 132 valence electrons. The monoisotopic (exact) mass is 337 g/mol. The van der Waals surface area contributed by atoms with Crippen LogP contribution in [-0.4, -0.2) is 30.8 Å².